The molecule has 0 aliphatic rings. The summed E-state index contributed by atoms with van der Waals surface area (Å²) < 4.78 is 5.52. The highest BCUT2D eigenvalue weighted by Gasteiger charge is 2.03. The number of likely N-dealkylation sites (N-methyl/N-ethyl adjacent to an activating group) is 1. The smallest absolute Gasteiger partial charge is 0.251 e. The van der Waals surface area contributed by atoms with Crippen molar-refractivity contribution in [2.45, 2.75) is 20.8 Å². The van der Waals surface area contributed by atoms with Crippen molar-refractivity contribution in [3.63, 3.8) is 0 Å². The van der Waals surface area contributed by atoms with Gasteiger partial charge in [-0.2, -0.15) is 0 Å². The maximum absolute atomic E-state index is 11.8. The molecule has 0 aliphatic heterocycles. The van der Waals surface area contributed by atoms with Gasteiger partial charge >= 0.3 is 0 Å². The van der Waals surface area contributed by atoms with Crippen molar-refractivity contribution in [2.75, 3.05) is 39.4 Å². The predicted octanol–water partition coefficient (Wildman–Crippen LogP) is 2.08. The van der Waals surface area contributed by atoms with Gasteiger partial charge in [0, 0.05) is 18.7 Å². The van der Waals surface area contributed by atoms with Crippen molar-refractivity contribution >= 4 is 5.91 Å². The van der Waals surface area contributed by atoms with E-state index in [-0.39, 0.29) is 5.91 Å². The van der Waals surface area contributed by atoms with Crippen LogP contribution in [0, 0.1) is 6.92 Å². The van der Waals surface area contributed by atoms with Crippen molar-refractivity contribution in [2.24, 2.45) is 0 Å². The van der Waals surface area contributed by atoms with Gasteiger partial charge in [-0.15, -0.1) is 0 Å². The van der Waals surface area contributed by atoms with Gasteiger partial charge in [-0.25, -0.2) is 0 Å². The first kappa shape index (κ1) is 16.7. The maximum atomic E-state index is 11.8. The van der Waals surface area contributed by atoms with E-state index in [1.807, 2.05) is 31.2 Å². The molecule has 20 heavy (non-hydrogen) atoms. The summed E-state index contributed by atoms with van der Waals surface area (Å²) in [4.78, 5) is 14.1. The molecule has 0 saturated heterocycles. The molecule has 0 heterocycles. The number of rotatable bonds is 9. The third-order valence-corrected chi connectivity index (χ3v) is 3.29. The van der Waals surface area contributed by atoms with E-state index < -0.39 is 0 Å². The second-order valence-electron chi connectivity index (χ2n) is 4.76. The zero-order valence-corrected chi connectivity index (χ0v) is 12.8. The van der Waals surface area contributed by atoms with E-state index in [4.69, 9.17) is 4.74 Å². The zero-order chi connectivity index (χ0) is 14.8. The monoisotopic (exact) mass is 278 g/mol. The Kier molecular flexibility index (Phi) is 7.92. The van der Waals surface area contributed by atoms with Crippen LogP contribution in [-0.4, -0.2) is 50.2 Å². The SMILES string of the molecule is CCN(CC)CCOCCNC(=O)c1ccc(C)cc1. The average molecular weight is 278 g/mol. The first-order valence-corrected chi connectivity index (χ1v) is 7.32. The van der Waals surface area contributed by atoms with E-state index in [2.05, 4.69) is 24.1 Å². The number of benzene rings is 1. The Morgan fingerprint density at radius 3 is 2.40 bits per heavy atom. The number of ether oxygens (including phenoxy) is 1. The highest BCUT2D eigenvalue weighted by Crippen LogP contribution is 2.02. The molecule has 4 heteroatoms. The van der Waals surface area contributed by atoms with Crippen LogP contribution >= 0.6 is 0 Å². The molecule has 1 rings (SSSR count). The van der Waals surface area contributed by atoms with Crippen LogP contribution in [0.5, 0.6) is 0 Å². The molecule has 0 unspecified atom stereocenters. The Morgan fingerprint density at radius 2 is 1.80 bits per heavy atom. The minimum absolute atomic E-state index is 0.0441. The molecule has 1 aromatic rings. The van der Waals surface area contributed by atoms with E-state index in [9.17, 15) is 4.79 Å². The van der Waals surface area contributed by atoms with Gasteiger partial charge in [0.15, 0.2) is 0 Å². The lowest BCUT2D eigenvalue weighted by atomic mass is 10.1. The number of hydrogen-bond acceptors (Lipinski definition) is 3. The van der Waals surface area contributed by atoms with E-state index >= 15 is 0 Å². The Hall–Kier alpha value is -1.39. The van der Waals surface area contributed by atoms with Crippen LogP contribution in [-0.2, 0) is 4.74 Å². The molecule has 1 amide bonds. The maximum Gasteiger partial charge on any atom is 0.251 e. The molecule has 0 aromatic heterocycles. The van der Waals surface area contributed by atoms with Crippen molar-refractivity contribution < 1.29 is 9.53 Å². The van der Waals surface area contributed by atoms with Crippen molar-refractivity contribution in [1.29, 1.82) is 0 Å². The molecular weight excluding hydrogens is 252 g/mol. The number of hydrogen-bond donors (Lipinski definition) is 1. The van der Waals surface area contributed by atoms with Gasteiger partial charge in [-0.05, 0) is 32.1 Å². The summed E-state index contributed by atoms with van der Waals surface area (Å²) in [5, 5.41) is 2.86. The quantitative estimate of drug-likeness (QED) is 0.703. The lowest BCUT2D eigenvalue weighted by Crippen LogP contribution is -2.30. The number of nitrogens with zero attached hydrogens (tertiary/aromatic N) is 1. The van der Waals surface area contributed by atoms with Crippen LogP contribution in [0.4, 0.5) is 0 Å². The molecule has 0 saturated carbocycles. The molecule has 0 spiro atoms. The molecule has 0 atom stereocenters. The fraction of sp³-hybridized carbons (Fsp3) is 0.562. The van der Waals surface area contributed by atoms with Gasteiger partial charge in [-0.3, -0.25) is 4.79 Å². The van der Waals surface area contributed by atoms with Gasteiger partial charge in [0.2, 0.25) is 0 Å². The number of carbonyl (C=O) groups is 1. The van der Waals surface area contributed by atoms with Gasteiger partial charge in [0.1, 0.15) is 0 Å². The molecular formula is C16H26N2O2. The van der Waals surface area contributed by atoms with Crippen LogP contribution in [0.2, 0.25) is 0 Å². The van der Waals surface area contributed by atoms with Gasteiger partial charge in [0.25, 0.3) is 5.91 Å². The van der Waals surface area contributed by atoms with E-state index in [0.29, 0.717) is 25.3 Å². The second-order valence-corrected chi connectivity index (χ2v) is 4.76. The molecule has 1 aromatic carbocycles. The third kappa shape index (κ3) is 6.17. The average Bonchev–Trinajstić information content (AvgIpc) is 2.47. The minimum Gasteiger partial charge on any atom is -0.378 e. The van der Waals surface area contributed by atoms with Gasteiger partial charge in [0.05, 0.1) is 13.2 Å². The van der Waals surface area contributed by atoms with Crippen LogP contribution in [0.1, 0.15) is 29.8 Å². The number of amides is 1. The largest absolute Gasteiger partial charge is 0.378 e. The van der Waals surface area contributed by atoms with Gasteiger partial charge in [-0.1, -0.05) is 31.5 Å². The van der Waals surface area contributed by atoms with Crippen molar-refractivity contribution in [3.8, 4) is 0 Å². The standard InChI is InChI=1S/C16H26N2O2/c1-4-18(5-2)11-13-20-12-10-17-16(19)15-8-6-14(3)7-9-15/h6-9H,4-5,10-13H2,1-3H3,(H,17,19). The Balaban J connectivity index is 2.12. The van der Waals surface area contributed by atoms with E-state index in [0.717, 1.165) is 25.2 Å². The summed E-state index contributed by atoms with van der Waals surface area (Å²) in [7, 11) is 0. The molecule has 112 valence electrons. The summed E-state index contributed by atoms with van der Waals surface area (Å²) >= 11 is 0. The highest BCUT2D eigenvalue weighted by atomic mass is 16.5. The molecule has 1 N–H and O–H groups in total. The lowest BCUT2D eigenvalue weighted by Gasteiger charge is -2.17. The second kappa shape index (κ2) is 9.50. The van der Waals surface area contributed by atoms with Crippen LogP contribution in [0.3, 0.4) is 0 Å². The summed E-state index contributed by atoms with van der Waals surface area (Å²) in [6.07, 6.45) is 0. The minimum atomic E-state index is -0.0441. The van der Waals surface area contributed by atoms with Crippen LogP contribution < -0.4 is 5.32 Å². The van der Waals surface area contributed by atoms with Gasteiger partial charge < -0.3 is 15.0 Å². The normalized spacial score (nSPS) is 10.8. The Labute approximate surface area is 122 Å². The van der Waals surface area contributed by atoms with Crippen molar-refractivity contribution in [1.82, 2.24) is 10.2 Å². The number of aryl methyl sites for hydroxylation is 1. The Bertz CT molecular complexity index is 386. The topological polar surface area (TPSA) is 41.6 Å². The first-order valence-electron chi connectivity index (χ1n) is 7.32. The molecule has 0 bridgehead atoms. The number of nitrogens with one attached hydrogen (secondary N) is 1. The number of carbonyl (C=O) groups excluding carboxylic acids is 1. The highest BCUT2D eigenvalue weighted by molar-refractivity contribution is 5.94. The van der Waals surface area contributed by atoms with Crippen LogP contribution in [0.15, 0.2) is 24.3 Å². The summed E-state index contributed by atoms with van der Waals surface area (Å²) in [5.74, 6) is -0.0441. The van der Waals surface area contributed by atoms with E-state index in [1.54, 1.807) is 0 Å². The summed E-state index contributed by atoms with van der Waals surface area (Å²) in [6.45, 7) is 11.1. The third-order valence-electron chi connectivity index (χ3n) is 3.29. The molecule has 0 aliphatic carbocycles. The zero-order valence-electron chi connectivity index (χ0n) is 12.8. The summed E-state index contributed by atoms with van der Waals surface area (Å²) in [6, 6.07) is 7.56. The Morgan fingerprint density at radius 1 is 1.15 bits per heavy atom. The lowest BCUT2D eigenvalue weighted by molar-refractivity contribution is 0.0884. The van der Waals surface area contributed by atoms with E-state index in [1.165, 1.54) is 0 Å². The molecule has 4 nitrogen and oxygen atoms in total. The van der Waals surface area contributed by atoms with Crippen LogP contribution in [0.25, 0.3) is 0 Å². The predicted molar refractivity (Wildman–Crippen MR) is 82.1 cm³/mol. The fourth-order valence-electron chi connectivity index (χ4n) is 1.88. The summed E-state index contributed by atoms with van der Waals surface area (Å²) in [5.41, 5.74) is 1.85. The molecule has 0 fully saturated rings. The fourth-order valence-corrected chi connectivity index (χ4v) is 1.88. The first-order chi connectivity index (χ1) is 9.67. The molecule has 0 radical (unpaired) electrons. The van der Waals surface area contributed by atoms with Crippen molar-refractivity contribution in [3.05, 3.63) is 35.4 Å².